The minimum Gasteiger partial charge on any atom is -0.507 e. The fraction of sp³-hybridized carbons (Fsp3) is 0.167. The number of carbonyl (C=O) groups is 3. The zero-order chi connectivity index (χ0) is 19.3. The molecular weight excluding hydrogens is 348 g/mol. The third-order valence-corrected chi connectivity index (χ3v) is 3.37. The van der Waals surface area contributed by atoms with Gasteiger partial charge in [0.15, 0.2) is 0 Å². The van der Waals surface area contributed by atoms with Gasteiger partial charge >= 0.3 is 17.8 Å². The van der Waals surface area contributed by atoms with E-state index in [1.807, 2.05) is 5.32 Å². The Morgan fingerprint density at radius 1 is 1.08 bits per heavy atom. The molecule has 2 rings (SSSR count). The van der Waals surface area contributed by atoms with E-state index < -0.39 is 34.9 Å². The van der Waals surface area contributed by atoms with Gasteiger partial charge in [-0.25, -0.2) is 4.79 Å². The number of halogens is 2. The molecule has 2 aromatic carbocycles. The second-order valence-corrected chi connectivity index (χ2v) is 5.17. The Hall–Kier alpha value is -3.29. The molecule has 0 heterocycles. The van der Waals surface area contributed by atoms with Gasteiger partial charge in [0, 0.05) is 5.69 Å². The van der Waals surface area contributed by atoms with Gasteiger partial charge < -0.3 is 15.2 Å². The van der Waals surface area contributed by atoms with Gasteiger partial charge in [0.1, 0.15) is 5.75 Å². The topological polar surface area (TPSA) is 92.7 Å². The number of para-hydroxylation sites is 1. The molecule has 0 bridgehead atoms. The lowest BCUT2D eigenvalue weighted by molar-refractivity contribution is -0.133. The van der Waals surface area contributed by atoms with Gasteiger partial charge in [0.25, 0.3) is 0 Å². The summed E-state index contributed by atoms with van der Waals surface area (Å²) in [4.78, 5) is 35.2. The Bertz CT molecular complexity index is 834. The van der Waals surface area contributed by atoms with Crippen molar-refractivity contribution in [1.29, 1.82) is 0 Å². The van der Waals surface area contributed by atoms with Crippen LogP contribution in [0.1, 0.15) is 27.6 Å². The van der Waals surface area contributed by atoms with Crippen molar-refractivity contribution in [3.05, 3.63) is 59.7 Å². The number of hydrogen-bond acceptors (Lipinski definition) is 5. The molecule has 0 radical (unpaired) electrons. The number of carbonyl (C=O) groups excluding carboxylic acids is 3. The lowest BCUT2D eigenvalue weighted by Gasteiger charge is -2.15. The molecule has 0 aliphatic rings. The van der Waals surface area contributed by atoms with Gasteiger partial charge in [-0.1, -0.05) is 12.1 Å². The highest BCUT2D eigenvalue weighted by Gasteiger charge is 2.48. The Balaban J connectivity index is 2.14. The molecule has 0 aromatic heterocycles. The van der Waals surface area contributed by atoms with Crippen molar-refractivity contribution in [1.82, 2.24) is 0 Å². The van der Waals surface area contributed by atoms with E-state index in [9.17, 15) is 28.3 Å². The molecule has 0 saturated carbocycles. The van der Waals surface area contributed by atoms with Crippen LogP contribution in [0, 0.1) is 0 Å². The summed E-state index contributed by atoms with van der Waals surface area (Å²) < 4.78 is 33.0. The van der Waals surface area contributed by atoms with Crippen LogP contribution in [0.15, 0.2) is 48.5 Å². The van der Waals surface area contributed by atoms with Gasteiger partial charge in [-0.05, 0) is 43.3 Å². The minimum absolute atomic E-state index is 0.0344. The molecule has 0 aliphatic heterocycles. The number of ketones is 1. The smallest absolute Gasteiger partial charge is 0.386 e. The zero-order valence-electron chi connectivity index (χ0n) is 13.7. The van der Waals surface area contributed by atoms with E-state index in [2.05, 4.69) is 0 Å². The number of phenols is 1. The predicted molar refractivity (Wildman–Crippen MR) is 88.4 cm³/mol. The first kappa shape index (κ1) is 19.0. The molecule has 2 N–H and O–H groups in total. The average molecular weight is 363 g/mol. The van der Waals surface area contributed by atoms with Crippen LogP contribution < -0.4 is 5.32 Å². The van der Waals surface area contributed by atoms with Gasteiger partial charge in [0.05, 0.1) is 17.7 Å². The molecule has 26 heavy (non-hydrogen) atoms. The molecule has 8 heteroatoms. The van der Waals surface area contributed by atoms with E-state index in [1.165, 1.54) is 36.4 Å². The first-order chi connectivity index (χ1) is 12.3. The van der Waals surface area contributed by atoms with E-state index in [0.29, 0.717) is 0 Å². The Morgan fingerprint density at radius 3 is 2.27 bits per heavy atom. The number of ether oxygens (including phenoxy) is 1. The Labute approximate surface area is 147 Å². The van der Waals surface area contributed by atoms with E-state index in [1.54, 1.807) is 6.92 Å². The number of phenolic OH excluding ortho intramolecular Hbond substituents is 1. The van der Waals surface area contributed by atoms with Gasteiger partial charge in [-0.2, -0.15) is 8.78 Å². The fourth-order valence-corrected chi connectivity index (χ4v) is 2.05. The molecule has 0 aliphatic carbocycles. The van der Waals surface area contributed by atoms with Crippen molar-refractivity contribution in [2.24, 2.45) is 0 Å². The quantitative estimate of drug-likeness (QED) is 0.468. The summed E-state index contributed by atoms with van der Waals surface area (Å²) in [6.07, 6.45) is 0. The SMILES string of the molecule is CCOC(=O)c1ccc(NC(=O)C(F)(F)C(=O)c2ccccc2O)cc1. The monoisotopic (exact) mass is 363 g/mol. The molecule has 6 nitrogen and oxygen atoms in total. The van der Waals surface area contributed by atoms with Crippen LogP contribution in [0.2, 0.25) is 0 Å². The summed E-state index contributed by atoms with van der Waals surface area (Å²) in [6.45, 7) is 1.81. The lowest BCUT2D eigenvalue weighted by atomic mass is 10.0. The second-order valence-electron chi connectivity index (χ2n) is 5.17. The Kier molecular flexibility index (Phi) is 5.66. The number of amides is 1. The van der Waals surface area contributed by atoms with Crippen LogP contribution in [0.5, 0.6) is 5.75 Å². The number of aromatic hydroxyl groups is 1. The first-order valence-corrected chi connectivity index (χ1v) is 7.56. The summed E-state index contributed by atoms with van der Waals surface area (Å²) in [5.74, 6) is -9.31. The number of nitrogens with one attached hydrogen (secondary N) is 1. The molecule has 0 atom stereocenters. The summed E-state index contributed by atoms with van der Waals surface area (Å²) in [6, 6.07) is 9.73. The van der Waals surface area contributed by atoms with Gasteiger partial charge in [-0.15, -0.1) is 0 Å². The van der Waals surface area contributed by atoms with E-state index in [-0.39, 0.29) is 17.9 Å². The molecule has 0 fully saturated rings. The summed E-state index contributed by atoms with van der Waals surface area (Å²) in [7, 11) is 0. The van der Waals surface area contributed by atoms with Crippen LogP contribution in [0.4, 0.5) is 14.5 Å². The number of anilines is 1. The zero-order valence-corrected chi connectivity index (χ0v) is 13.7. The molecule has 0 spiro atoms. The first-order valence-electron chi connectivity index (χ1n) is 7.56. The van der Waals surface area contributed by atoms with Gasteiger partial charge in [0.2, 0.25) is 5.78 Å². The Morgan fingerprint density at radius 2 is 1.69 bits per heavy atom. The maximum Gasteiger partial charge on any atom is 0.386 e. The van der Waals surface area contributed by atoms with Crippen molar-refractivity contribution < 1.29 is 33.0 Å². The molecular formula is C18H15F2NO5. The molecule has 2 aromatic rings. The highest BCUT2D eigenvalue weighted by Crippen LogP contribution is 2.27. The van der Waals surface area contributed by atoms with E-state index in [4.69, 9.17) is 4.74 Å². The second kappa shape index (κ2) is 7.73. The van der Waals surface area contributed by atoms with Crippen LogP contribution >= 0.6 is 0 Å². The van der Waals surface area contributed by atoms with Crippen LogP contribution in [0.25, 0.3) is 0 Å². The number of esters is 1. The van der Waals surface area contributed by atoms with Crippen LogP contribution in [-0.4, -0.2) is 35.3 Å². The van der Waals surface area contributed by atoms with Crippen LogP contribution in [0.3, 0.4) is 0 Å². The van der Waals surface area contributed by atoms with Crippen LogP contribution in [-0.2, 0) is 9.53 Å². The third kappa shape index (κ3) is 4.02. The van der Waals surface area contributed by atoms with Crippen molar-refractivity contribution in [2.75, 3.05) is 11.9 Å². The fourth-order valence-electron chi connectivity index (χ4n) is 2.05. The molecule has 1 amide bonds. The number of Topliss-reactive ketones (excluding diaryl/α,β-unsaturated/α-hetero) is 1. The molecule has 0 unspecified atom stereocenters. The number of alkyl halides is 2. The lowest BCUT2D eigenvalue weighted by Crippen LogP contribution is -2.42. The normalized spacial score (nSPS) is 10.9. The minimum atomic E-state index is -4.39. The number of rotatable bonds is 6. The molecule has 0 saturated heterocycles. The average Bonchev–Trinajstić information content (AvgIpc) is 2.62. The highest BCUT2D eigenvalue weighted by atomic mass is 19.3. The molecule has 136 valence electrons. The third-order valence-electron chi connectivity index (χ3n) is 3.37. The summed E-state index contributed by atoms with van der Waals surface area (Å²) in [5.41, 5.74) is -0.514. The van der Waals surface area contributed by atoms with E-state index >= 15 is 0 Å². The van der Waals surface area contributed by atoms with Crippen molar-refractivity contribution in [2.45, 2.75) is 12.8 Å². The highest BCUT2D eigenvalue weighted by molar-refractivity contribution is 6.19. The summed E-state index contributed by atoms with van der Waals surface area (Å²) in [5, 5.41) is 11.4. The maximum atomic E-state index is 14.1. The number of benzene rings is 2. The largest absolute Gasteiger partial charge is 0.507 e. The van der Waals surface area contributed by atoms with E-state index in [0.717, 1.165) is 12.1 Å². The van der Waals surface area contributed by atoms with Crippen molar-refractivity contribution >= 4 is 23.3 Å². The number of hydrogen-bond donors (Lipinski definition) is 2. The maximum absolute atomic E-state index is 14.1. The van der Waals surface area contributed by atoms with Crippen molar-refractivity contribution in [3.8, 4) is 5.75 Å². The summed E-state index contributed by atoms with van der Waals surface area (Å²) >= 11 is 0. The van der Waals surface area contributed by atoms with Crippen molar-refractivity contribution in [3.63, 3.8) is 0 Å². The van der Waals surface area contributed by atoms with Gasteiger partial charge in [-0.3, -0.25) is 9.59 Å². The predicted octanol–water partition coefficient (Wildman–Crippen LogP) is 3.03. The standard InChI is InChI=1S/C18H15F2NO5/c1-2-26-16(24)11-7-9-12(10-8-11)21-17(25)18(19,20)15(23)13-5-3-4-6-14(13)22/h3-10,22H,2H2,1H3,(H,21,25).